The summed E-state index contributed by atoms with van der Waals surface area (Å²) in [5.74, 6) is 6.21. The summed E-state index contributed by atoms with van der Waals surface area (Å²) in [6.45, 7) is 5.50. The number of amides is 1. The first kappa shape index (κ1) is 21.7. The fraction of sp³-hybridized carbons (Fsp3) is 0.474. The van der Waals surface area contributed by atoms with E-state index in [0.29, 0.717) is 35.8 Å². The lowest BCUT2D eigenvalue weighted by Gasteiger charge is -2.21. The Hall–Kier alpha value is -2.57. The highest BCUT2D eigenvalue weighted by molar-refractivity contribution is 7.92. The molecule has 1 aliphatic heterocycles. The smallest absolute Gasteiger partial charge is 0.428 e. The average molecular weight is 408 g/mol. The third-order valence-electron chi connectivity index (χ3n) is 4.18. The third-order valence-corrected chi connectivity index (χ3v) is 6.14. The Morgan fingerprint density at radius 3 is 2.64 bits per heavy atom. The third kappa shape index (κ3) is 5.24. The van der Waals surface area contributed by atoms with Crippen molar-refractivity contribution in [1.29, 1.82) is 0 Å². The maximum Gasteiger partial charge on any atom is 0.428 e. The van der Waals surface area contributed by atoms with Gasteiger partial charge in [0.05, 0.1) is 12.2 Å². The number of nitrogens with zero attached hydrogens (tertiary/aromatic N) is 1. The molecule has 0 saturated carbocycles. The molecule has 1 aliphatic rings. The van der Waals surface area contributed by atoms with Crippen molar-refractivity contribution in [3.63, 3.8) is 0 Å². The summed E-state index contributed by atoms with van der Waals surface area (Å²) >= 11 is 0. The van der Waals surface area contributed by atoms with Gasteiger partial charge in [0.25, 0.3) is 0 Å². The molecule has 1 amide bonds. The number of carbonyl (C=O) groups excluding carboxylic acids is 1. The van der Waals surface area contributed by atoms with Crippen LogP contribution in [0.25, 0.3) is 0 Å². The lowest BCUT2D eigenvalue weighted by atomic mass is 10.0. The van der Waals surface area contributed by atoms with E-state index in [0.717, 1.165) is 6.26 Å². The Kier molecular flexibility index (Phi) is 6.69. The number of ether oxygens (including phenoxy) is 3. The first-order valence-corrected chi connectivity index (χ1v) is 10.5. The maximum atomic E-state index is 11.9. The van der Waals surface area contributed by atoms with Gasteiger partial charge in [-0.05, 0) is 39.0 Å². The van der Waals surface area contributed by atoms with Gasteiger partial charge in [-0.15, -0.1) is 0 Å². The van der Waals surface area contributed by atoms with Crippen LogP contribution in [0.1, 0.15) is 31.9 Å². The van der Waals surface area contributed by atoms with Crippen LogP contribution in [0.15, 0.2) is 23.3 Å². The molecular weight excluding hydrogens is 384 g/mol. The second kappa shape index (κ2) is 8.63. The van der Waals surface area contributed by atoms with Crippen molar-refractivity contribution in [1.82, 2.24) is 5.43 Å². The van der Waals surface area contributed by atoms with E-state index in [1.165, 1.54) is 0 Å². The van der Waals surface area contributed by atoms with Crippen LogP contribution in [-0.2, 0) is 19.3 Å². The molecule has 152 valence electrons. The topological polar surface area (TPSA) is 103 Å². The highest BCUT2D eigenvalue weighted by Crippen LogP contribution is 2.23. The molecule has 0 spiro atoms. The van der Waals surface area contributed by atoms with Crippen molar-refractivity contribution in [3.05, 3.63) is 29.3 Å². The number of hydrazone groups is 1. The summed E-state index contributed by atoms with van der Waals surface area (Å²) in [6.07, 6.45) is -0.0139. The average Bonchev–Trinajstić information content (AvgIpc) is 2.60. The molecule has 1 N–H and O–H groups in total. The van der Waals surface area contributed by atoms with Crippen molar-refractivity contribution >= 4 is 21.6 Å². The molecule has 0 bridgehead atoms. The molecule has 0 radical (unpaired) electrons. The molecule has 2 rings (SSSR count). The molecule has 1 aromatic rings. The van der Waals surface area contributed by atoms with Crippen molar-refractivity contribution < 1.29 is 27.4 Å². The Labute approximate surface area is 165 Å². The maximum absolute atomic E-state index is 11.9. The van der Waals surface area contributed by atoms with Crippen LogP contribution in [0.3, 0.4) is 0 Å². The van der Waals surface area contributed by atoms with Gasteiger partial charge >= 0.3 is 6.09 Å². The van der Waals surface area contributed by atoms with E-state index < -0.39 is 26.8 Å². The van der Waals surface area contributed by atoms with Gasteiger partial charge in [-0.2, -0.15) is 5.10 Å². The molecule has 0 saturated heterocycles. The molecule has 1 heterocycles. The molecule has 0 aromatic heterocycles. The monoisotopic (exact) mass is 408 g/mol. The second-order valence-electron chi connectivity index (χ2n) is 6.74. The number of cyclic esters (lactones) is 1. The summed E-state index contributed by atoms with van der Waals surface area (Å²) < 4.78 is 38.4. The number of methoxy groups -OCH3 is 1. The van der Waals surface area contributed by atoms with Gasteiger partial charge in [-0.1, -0.05) is 11.8 Å². The van der Waals surface area contributed by atoms with Crippen molar-refractivity contribution in [2.24, 2.45) is 5.10 Å². The van der Waals surface area contributed by atoms with E-state index in [2.05, 4.69) is 22.4 Å². The van der Waals surface area contributed by atoms with E-state index in [1.54, 1.807) is 46.1 Å². The number of benzene rings is 1. The van der Waals surface area contributed by atoms with Gasteiger partial charge in [0.15, 0.2) is 9.84 Å². The molecule has 1 aromatic carbocycles. The zero-order valence-electron chi connectivity index (χ0n) is 16.5. The molecule has 8 nitrogen and oxygen atoms in total. The predicted octanol–water partition coefficient (Wildman–Crippen LogP) is 1.72. The summed E-state index contributed by atoms with van der Waals surface area (Å²) in [5.41, 5.74) is 3.97. The number of hydrogen-bond donors (Lipinski definition) is 1. The van der Waals surface area contributed by atoms with Gasteiger partial charge in [-0.3, -0.25) is 0 Å². The number of carbonyl (C=O) groups is 1. The second-order valence-corrected chi connectivity index (χ2v) is 9.31. The molecule has 0 fully saturated rings. The fourth-order valence-electron chi connectivity index (χ4n) is 2.20. The van der Waals surface area contributed by atoms with E-state index in [-0.39, 0.29) is 0 Å². The minimum Gasteiger partial charge on any atom is -0.490 e. The fourth-order valence-corrected chi connectivity index (χ4v) is 2.43. The highest BCUT2D eigenvalue weighted by Gasteiger charge is 2.28. The van der Waals surface area contributed by atoms with Crippen LogP contribution >= 0.6 is 0 Å². The molecule has 9 heteroatoms. The lowest BCUT2D eigenvalue weighted by Crippen LogP contribution is -2.37. The van der Waals surface area contributed by atoms with E-state index in [9.17, 15) is 13.2 Å². The van der Waals surface area contributed by atoms with E-state index in [4.69, 9.17) is 14.2 Å². The van der Waals surface area contributed by atoms with Crippen molar-refractivity contribution in [2.45, 2.75) is 31.6 Å². The lowest BCUT2D eigenvalue weighted by molar-refractivity contribution is 0.127. The Morgan fingerprint density at radius 2 is 2.04 bits per heavy atom. The number of rotatable bonds is 6. The number of hydrogen-bond acceptors (Lipinski definition) is 7. The SMILES string of the molecule is COCCOc1ccc(C2=NNC(=O)O[C@H]2C)cc1C#CC(C)(C)S(C)(=O)=O. The van der Waals surface area contributed by atoms with Gasteiger partial charge in [0.1, 0.15) is 28.9 Å². The minimum absolute atomic E-state index is 0.316. The molecule has 0 unspecified atom stereocenters. The summed E-state index contributed by atoms with van der Waals surface area (Å²) in [6, 6.07) is 5.21. The van der Waals surface area contributed by atoms with Crippen LogP contribution in [0, 0.1) is 11.8 Å². The molecule has 28 heavy (non-hydrogen) atoms. The van der Waals surface area contributed by atoms with Gasteiger partial charge in [0.2, 0.25) is 0 Å². The Morgan fingerprint density at radius 1 is 1.32 bits per heavy atom. The quantitative estimate of drug-likeness (QED) is 0.568. The summed E-state index contributed by atoms with van der Waals surface area (Å²) in [7, 11) is -1.81. The highest BCUT2D eigenvalue weighted by atomic mass is 32.2. The zero-order valence-corrected chi connectivity index (χ0v) is 17.3. The first-order valence-electron chi connectivity index (χ1n) is 8.58. The summed E-state index contributed by atoms with van der Waals surface area (Å²) in [4.78, 5) is 11.3. The van der Waals surface area contributed by atoms with Crippen molar-refractivity contribution in [2.75, 3.05) is 26.6 Å². The minimum atomic E-state index is -3.38. The summed E-state index contributed by atoms with van der Waals surface area (Å²) in [5, 5.41) is 4.04. The van der Waals surface area contributed by atoms with E-state index in [1.807, 2.05) is 0 Å². The zero-order chi connectivity index (χ0) is 20.9. The number of sulfone groups is 1. The van der Waals surface area contributed by atoms with E-state index >= 15 is 0 Å². The molecular formula is C19H24N2O6S. The van der Waals surface area contributed by atoms with Crippen LogP contribution in [0.5, 0.6) is 5.75 Å². The normalized spacial score (nSPS) is 17.0. The van der Waals surface area contributed by atoms with Crippen LogP contribution in [-0.4, -0.2) is 57.7 Å². The predicted molar refractivity (Wildman–Crippen MR) is 105 cm³/mol. The Balaban J connectivity index is 2.46. The first-order chi connectivity index (χ1) is 13.0. The largest absolute Gasteiger partial charge is 0.490 e. The van der Waals surface area contributed by atoms with Gasteiger partial charge in [0, 0.05) is 18.9 Å². The molecule has 0 aliphatic carbocycles. The standard InChI is InChI=1S/C19H24N2O6S/c1-13-17(20-21-18(22)27-13)15-6-7-16(26-11-10-25-4)14(12-15)8-9-19(2,3)28(5,23)24/h6-7,12-13H,10-11H2,1-5H3,(H,21,22)/t13-/m0/s1. The van der Waals surface area contributed by atoms with Gasteiger partial charge < -0.3 is 14.2 Å². The Bertz CT molecular complexity index is 941. The van der Waals surface area contributed by atoms with Crippen LogP contribution in [0.2, 0.25) is 0 Å². The van der Waals surface area contributed by atoms with Crippen molar-refractivity contribution in [3.8, 4) is 17.6 Å². The van der Waals surface area contributed by atoms with Crippen LogP contribution < -0.4 is 10.2 Å². The van der Waals surface area contributed by atoms with Gasteiger partial charge in [-0.25, -0.2) is 18.6 Å². The molecule has 1 atom stereocenters. The van der Waals surface area contributed by atoms with Crippen LogP contribution in [0.4, 0.5) is 4.79 Å². The number of nitrogens with one attached hydrogen (secondary N) is 1.